The quantitative estimate of drug-likeness (QED) is 0.180. The molecule has 0 aromatic heterocycles. The highest BCUT2D eigenvalue weighted by atomic mass is 35.5. The van der Waals surface area contributed by atoms with E-state index in [4.69, 9.17) is 16.3 Å². The Morgan fingerprint density at radius 2 is 1.66 bits per heavy atom. The molecule has 0 spiro atoms. The maximum absolute atomic E-state index is 14.2. The zero-order valence-electron chi connectivity index (χ0n) is 36.2. The summed E-state index contributed by atoms with van der Waals surface area (Å²) in [6, 6.07) is 6.03. The molecule has 1 unspecified atom stereocenters. The second-order valence-corrected chi connectivity index (χ2v) is 21.8. The molecule has 0 bridgehead atoms. The number of nitrogens with one attached hydrogen (secondary N) is 1. The predicted octanol–water partition coefficient (Wildman–Crippen LogP) is 9.25. The van der Waals surface area contributed by atoms with Crippen molar-refractivity contribution in [1.82, 2.24) is 10.2 Å². The fourth-order valence-corrected chi connectivity index (χ4v) is 13.9. The summed E-state index contributed by atoms with van der Waals surface area (Å²) >= 11 is 6.37. The van der Waals surface area contributed by atoms with Gasteiger partial charge in [-0.3, -0.25) is 14.4 Å². The number of rotatable bonds is 12. The van der Waals surface area contributed by atoms with Crippen LogP contribution in [-0.2, 0) is 32.2 Å². The van der Waals surface area contributed by atoms with E-state index in [0.717, 1.165) is 74.1 Å². The highest BCUT2D eigenvalue weighted by Gasteiger charge is 2.70. The molecule has 0 heterocycles. The van der Waals surface area contributed by atoms with Gasteiger partial charge in [-0.2, -0.15) is 0 Å². The van der Waals surface area contributed by atoms with Gasteiger partial charge in [-0.1, -0.05) is 71.7 Å². The predicted molar refractivity (Wildman–Crippen MR) is 222 cm³/mol. The number of fused-ring (bicyclic) bond motifs is 7. The Bertz CT molecular complexity index is 1750. The first-order valence-corrected chi connectivity index (χ1v) is 21.8. The van der Waals surface area contributed by atoms with Gasteiger partial charge in [-0.05, 0) is 148 Å². The monoisotopic (exact) mass is 795 g/mol. The lowest BCUT2D eigenvalue weighted by atomic mass is 9.33. The summed E-state index contributed by atoms with van der Waals surface area (Å²) in [6.45, 7) is 21.5. The van der Waals surface area contributed by atoms with Crippen LogP contribution in [-0.4, -0.2) is 65.7 Å². The lowest BCUT2D eigenvalue weighted by molar-refractivity contribution is -0.235. The molecule has 3 N–H and O–H groups in total. The summed E-state index contributed by atoms with van der Waals surface area (Å²) in [4.78, 5) is 41.2. The number of carbonyl (C=O) groups excluding carboxylic acids is 2. The number of carbonyl (C=O) groups is 3. The zero-order chi connectivity index (χ0) is 41.4. The number of aliphatic hydroxyl groups excluding tert-OH is 1. The highest BCUT2D eigenvalue weighted by Crippen LogP contribution is 2.77. The molecule has 6 rings (SSSR count). The molecular formula is C47H71ClN2O6. The van der Waals surface area contributed by atoms with Crippen LogP contribution < -0.4 is 5.32 Å². The van der Waals surface area contributed by atoms with Crippen molar-refractivity contribution in [3.05, 3.63) is 45.5 Å². The SMILES string of the molecule is CC(C)C1=C2C3CC[C@@H]4[C@@]5(C)CC[C@H](OC(=O)CC(C)(C)C(=O)O)C(C)(C)[C@@H]5CC[C@@]4(C)[C@]3(C)CC[C@]2([C@H](O)CNCc2ccc(Cl)cc2CN(C)C)CC1=O. The summed E-state index contributed by atoms with van der Waals surface area (Å²) in [5.74, 6) is -0.00510. The van der Waals surface area contributed by atoms with Crippen molar-refractivity contribution in [3.8, 4) is 0 Å². The minimum Gasteiger partial charge on any atom is -0.481 e. The first-order chi connectivity index (χ1) is 25.9. The second kappa shape index (κ2) is 15.1. The van der Waals surface area contributed by atoms with E-state index in [1.54, 1.807) is 13.8 Å². The molecule has 0 radical (unpaired) electrons. The molecule has 1 aromatic rings. The molecule has 4 saturated carbocycles. The molecule has 312 valence electrons. The first-order valence-electron chi connectivity index (χ1n) is 21.5. The Balaban J connectivity index is 1.25. The number of ketones is 1. The molecule has 56 heavy (non-hydrogen) atoms. The Morgan fingerprint density at radius 3 is 2.30 bits per heavy atom. The average molecular weight is 796 g/mol. The molecule has 0 amide bonds. The van der Waals surface area contributed by atoms with E-state index in [1.165, 1.54) is 11.1 Å². The van der Waals surface area contributed by atoms with Crippen LogP contribution in [0, 0.1) is 56.2 Å². The molecule has 5 aliphatic carbocycles. The van der Waals surface area contributed by atoms with E-state index in [9.17, 15) is 24.6 Å². The Hall–Kier alpha value is -2.26. The van der Waals surface area contributed by atoms with E-state index in [-0.39, 0.29) is 51.8 Å². The van der Waals surface area contributed by atoms with Crippen molar-refractivity contribution in [1.29, 1.82) is 0 Å². The van der Waals surface area contributed by atoms with Gasteiger partial charge in [0.05, 0.1) is 17.9 Å². The van der Waals surface area contributed by atoms with Crippen LogP contribution in [0.4, 0.5) is 0 Å². The fraction of sp³-hybridized carbons (Fsp3) is 0.766. The number of aliphatic carboxylic acids is 1. The minimum absolute atomic E-state index is 0.0269. The largest absolute Gasteiger partial charge is 0.481 e. The number of esters is 1. The molecule has 5 aliphatic rings. The molecular weight excluding hydrogens is 724 g/mol. The van der Waals surface area contributed by atoms with Crippen LogP contribution in [0.2, 0.25) is 5.02 Å². The van der Waals surface area contributed by atoms with Gasteiger partial charge in [0, 0.05) is 41.9 Å². The number of carboxylic acid groups (broad SMARTS) is 1. The van der Waals surface area contributed by atoms with Gasteiger partial charge in [-0.25, -0.2) is 0 Å². The summed E-state index contributed by atoms with van der Waals surface area (Å²) in [7, 11) is 4.10. The molecule has 0 saturated heterocycles. The van der Waals surface area contributed by atoms with Gasteiger partial charge in [0.2, 0.25) is 0 Å². The fourth-order valence-electron chi connectivity index (χ4n) is 13.7. The lowest BCUT2D eigenvalue weighted by Crippen LogP contribution is -2.66. The van der Waals surface area contributed by atoms with Crippen molar-refractivity contribution < 1.29 is 29.3 Å². The van der Waals surface area contributed by atoms with Crippen LogP contribution in [0.1, 0.15) is 138 Å². The lowest BCUT2D eigenvalue weighted by Gasteiger charge is -2.72. The van der Waals surface area contributed by atoms with Crippen molar-refractivity contribution in [2.24, 2.45) is 56.2 Å². The normalized spacial score (nSPS) is 35.8. The van der Waals surface area contributed by atoms with Crippen molar-refractivity contribution >= 4 is 29.3 Å². The van der Waals surface area contributed by atoms with Crippen molar-refractivity contribution in [2.75, 3.05) is 20.6 Å². The molecule has 9 heteroatoms. The Kier molecular flexibility index (Phi) is 11.7. The van der Waals surface area contributed by atoms with Crippen LogP contribution >= 0.6 is 11.6 Å². The van der Waals surface area contributed by atoms with Crippen LogP contribution in [0.25, 0.3) is 0 Å². The summed E-state index contributed by atoms with van der Waals surface area (Å²) in [5.41, 5.74) is 2.70. The Morgan fingerprint density at radius 1 is 0.964 bits per heavy atom. The molecule has 8 nitrogen and oxygen atoms in total. The third-order valence-electron chi connectivity index (χ3n) is 16.8. The zero-order valence-corrected chi connectivity index (χ0v) is 37.0. The number of nitrogens with zero attached hydrogens (tertiary/aromatic N) is 1. The van der Waals surface area contributed by atoms with Crippen molar-refractivity contribution in [2.45, 2.75) is 152 Å². The third-order valence-corrected chi connectivity index (χ3v) is 17.0. The molecule has 0 aliphatic heterocycles. The third kappa shape index (κ3) is 7.02. The number of allylic oxidation sites excluding steroid dienone is 1. The van der Waals surface area contributed by atoms with Gasteiger partial charge in [0.1, 0.15) is 6.10 Å². The van der Waals surface area contributed by atoms with Gasteiger partial charge in [-0.15, -0.1) is 0 Å². The van der Waals surface area contributed by atoms with Crippen LogP contribution in [0.3, 0.4) is 0 Å². The number of halogens is 1. The smallest absolute Gasteiger partial charge is 0.309 e. The standard InChI is InChI=1S/C47H71ClN2O6/c1-28(2)39-33(51)23-47(36(52)26-49-25-29-12-13-31(48)22-30(29)27-50(10)11)21-20-45(8)32(40(39)47)14-15-35-44(7)18-17-37(56-38(53)24-42(3,4)41(54)55)43(5,6)34(44)16-19-46(35,45)9/h12-13,22,28,32,34-37,49,52H,14-21,23-27H2,1-11H3,(H,54,55)/t32?,34-,35+,36+,37-,44-,45+,46+,47+/m0/s1. The van der Waals surface area contributed by atoms with E-state index in [0.29, 0.717) is 31.3 Å². The van der Waals surface area contributed by atoms with E-state index in [2.05, 4.69) is 78.8 Å². The number of carboxylic acids is 1. The minimum atomic E-state index is -1.17. The number of hydrogen-bond acceptors (Lipinski definition) is 7. The molecule has 9 atom stereocenters. The second-order valence-electron chi connectivity index (χ2n) is 21.4. The molecule has 1 aromatic carbocycles. The summed E-state index contributed by atoms with van der Waals surface area (Å²) in [6.07, 6.45) is 7.09. The van der Waals surface area contributed by atoms with Gasteiger partial charge < -0.3 is 25.2 Å². The van der Waals surface area contributed by atoms with Crippen molar-refractivity contribution in [3.63, 3.8) is 0 Å². The van der Waals surface area contributed by atoms with Gasteiger partial charge in [0.25, 0.3) is 0 Å². The maximum Gasteiger partial charge on any atom is 0.309 e. The van der Waals surface area contributed by atoms with E-state index in [1.807, 2.05) is 12.1 Å². The average Bonchev–Trinajstić information content (AvgIpc) is 3.40. The van der Waals surface area contributed by atoms with Crippen LogP contribution in [0.5, 0.6) is 0 Å². The number of benzene rings is 1. The number of Topliss-reactive ketones (excluding diaryl/α,β-unsaturated/α-hetero) is 1. The van der Waals surface area contributed by atoms with Gasteiger partial charge >= 0.3 is 11.9 Å². The van der Waals surface area contributed by atoms with Crippen LogP contribution in [0.15, 0.2) is 29.3 Å². The van der Waals surface area contributed by atoms with Gasteiger partial charge in [0.15, 0.2) is 5.78 Å². The first kappa shape index (κ1) is 43.3. The maximum atomic E-state index is 14.2. The van der Waals surface area contributed by atoms with E-state index < -0.39 is 28.9 Å². The summed E-state index contributed by atoms with van der Waals surface area (Å²) in [5, 5.41) is 26.3. The number of hydrogen-bond donors (Lipinski definition) is 3. The number of aliphatic hydroxyl groups is 1. The topological polar surface area (TPSA) is 116 Å². The van der Waals surface area contributed by atoms with E-state index >= 15 is 0 Å². The Labute approximate surface area is 341 Å². The summed E-state index contributed by atoms with van der Waals surface area (Å²) < 4.78 is 6.18. The number of ether oxygens (including phenoxy) is 1. The highest BCUT2D eigenvalue weighted by molar-refractivity contribution is 6.30. The molecule has 4 fully saturated rings.